The van der Waals surface area contributed by atoms with Crippen LogP contribution >= 0.6 is 11.3 Å². The van der Waals surface area contributed by atoms with E-state index < -0.39 is 11.9 Å². The van der Waals surface area contributed by atoms with Gasteiger partial charge in [0.1, 0.15) is 16.3 Å². The van der Waals surface area contributed by atoms with Gasteiger partial charge < -0.3 is 9.15 Å². The normalized spacial score (nSPS) is 15.6. The molecule has 2 aromatic carbocycles. The Balaban J connectivity index is 1.79. The lowest BCUT2D eigenvalue weighted by Crippen LogP contribution is -2.29. The number of carbonyl (C=O) groups is 1. The molecule has 150 valence electrons. The van der Waals surface area contributed by atoms with Crippen LogP contribution < -0.4 is 15.1 Å². The molecule has 1 atom stereocenters. The van der Waals surface area contributed by atoms with Crippen LogP contribution in [0, 0.1) is 6.92 Å². The minimum absolute atomic E-state index is 0.0402. The van der Waals surface area contributed by atoms with E-state index in [9.17, 15) is 9.59 Å². The third kappa shape index (κ3) is 2.80. The van der Waals surface area contributed by atoms with Crippen molar-refractivity contribution in [3.8, 4) is 5.75 Å². The molecule has 8 heteroatoms. The first kappa shape index (κ1) is 18.5. The zero-order chi connectivity index (χ0) is 20.8. The molecular weight excluding hydrogens is 402 g/mol. The summed E-state index contributed by atoms with van der Waals surface area (Å²) in [5.41, 5.74) is 1.20. The molecule has 1 aliphatic heterocycles. The molecule has 30 heavy (non-hydrogen) atoms. The van der Waals surface area contributed by atoms with Crippen molar-refractivity contribution in [2.24, 2.45) is 0 Å². The molecule has 0 fully saturated rings. The summed E-state index contributed by atoms with van der Waals surface area (Å²) in [6, 6.07) is 13.6. The Bertz CT molecular complexity index is 1340. The second-order valence-corrected chi connectivity index (χ2v) is 8.02. The molecule has 0 spiro atoms. The first-order valence-corrected chi connectivity index (χ1v) is 10.3. The number of hydrogen-bond donors (Lipinski definition) is 0. The van der Waals surface area contributed by atoms with Crippen molar-refractivity contribution in [1.82, 2.24) is 10.2 Å². The van der Waals surface area contributed by atoms with E-state index in [0.717, 1.165) is 10.6 Å². The average Bonchev–Trinajstić information content (AvgIpc) is 3.30. The number of hydrogen-bond acceptors (Lipinski definition) is 7. The quantitative estimate of drug-likeness (QED) is 0.495. The Labute approximate surface area is 175 Å². The number of aromatic nitrogens is 2. The van der Waals surface area contributed by atoms with Gasteiger partial charge in [-0.15, -0.1) is 10.2 Å². The van der Waals surface area contributed by atoms with Gasteiger partial charge in [-0.2, -0.15) is 0 Å². The topological polar surface area (TPSA) is 85.5 Å². The maximum Gasteiger partial charge on any atom is 0.297 e. The summed E-state index contributed by atoms with van der Waals surface area (Å²) in [6.45, 7) is 4.23. The highest BCUT2D eigenvalue weighted by Crippen LogP contribution is 2.42. The Kier molecular flexibility index (Phi) is 4.36. The highest BCUT2D eigenvalue weighted by Gasteiger charge is 2.45. The van der Waals surface area contributed by atoms with Gasteiger partial charge in [0.25, 0.3) is 5.91 Å². The predicted octanol–water partition coefficient (Wildman–Crippen LogP) is 4.10. The molecule has 0 N–H and O–H groups in total. The number of anilines is 1. The summed E-state index contributed by atoms with van der Waals surface area (Å²) >= 11 is 1.29. The molecule has 2 aromatic heterocycles. The van der Waals surface area contributed by atoms with Gasteiger partial charge in [-0.25, -0.2) is 0 Å². The fraction of sp³-hybridized carbons (Fsp3) is 0.182. The lowest BCUT2D eigenvalue weighted by Gasteiger charge is -2.22. The molecular formula is C22H17N3O4S. The van der Waals surface area contributed by atoms with Crippen LogP contribution in [0.5, 0.6) is 5.75 Å². The Hall–Kier alpha value is -3.52. The smallest absolute Gasteiger partial charge is 0.297 e. The van der Waals surface area contributed by atoms with Gasteiger partial charge in [0.15, 0.2) is 5.43 Å². The van der Waals surface area contributed by atoms with Gasteiger partial charge in [-0.1, -0.05) is 35.6 Å². The van der Waals surface area contributed by atoms with Crippen molar-refractivity contribution in [1.29, 1.82) is 0 Å². The van der Waals surface area contributed by atoms with Crippen LogP contribution in [0.25, 0.3) is 11.0 Å². The molecule has 3 heterocycles. The Morgan fingerprint density at radius 1 is 1.13 bits per heavy atom. The van der Waals surface area contributed by atoms with E-state index in [-0.39, 0.29) is 11.2 Å². The highest BCUT2D eigenvalue weighted by molar-refractivity contribution is 7.15. The fourth-order valence-electron chi connectivity index (χ4n) is 3.76. The molecule has 7 nitrogen and oxygen atoms in total. The fourth-order valence-corrected chi connectivity index (χ4v) is 4.47. The van der Waals surface area contributed by atoms with Crippen molar-refractivity contribution in [3.05, 3.63) is 80.6 Å². The number of para-hydroxylation sites is 1. The van der Waals surface area contributed by atoms with Crippen LogP contribution in [0.4, 0.5) is 5.13 Å². The van der Waals surface area contributed by atoms with E-state index in [4.69, 9.17) is 9.15 Å². The van der Waals surface area contributed by atoms with Gasteiger partial charge in [0.2, 0.25) is 10.9 Å². The van der Waals surface area contributed by atoms with E-state index in [1.165, 1.54) is 16.2 Å². The molecule has 0 unspecified atom stereocenters. The number of carbonyl (C=O) groups excluding carboxylic acids is 1. The third-order valence-corrected chi connectivity index (χ3v) is 5.82. The van der Waals surface area contributed by atoms with Crippen LogP contribution in [0.15, 0.2) is 57.7 Å². The van der Waals surface area contributed by atoms with Crippen molar-refractivity contribution in [3.63, 3.8) is 0 Å². The number of rotatable bonds is 4. The largest absolute Gasteiger partial charge is 0.494 e. The summed E-state index contributed by atoms with van der Waals surface area (Å²) in [6.07, 6.45) is 0. The predicted molar refractivity (Wildman–Crippen MR) is 113 cm³/mol. The standard InChI is InChI=1S/C22H17N3O4S/c1-3-28-14-8-6-7-13(11-14)18-17-19(26)15-9-4-5-10-16(15)29-20(17)21(27)25(18)22-24-23-12(2)30-22/h4-11,18H,3H2,1-2H3/t18-/m0/s1. The molecule has 1 aliphatic rings. The van der Waals surface area contributed by atoms with Crippen molar-refractivity contribution in [2.75, 3.05) is 11.5 Å². The Morgan fingerprint density at radius 3 is 2.73 bits per heavy atom. The second-order valence-electron chi connectivity index (χ2n) is 6.86. The number of aryl methyl sites for hydroxylation is 1. The molecule has 4 aromatic rings. The number of benzene rings is 2. The molecule has 1 amide bonds. The zero-order valence-corrected chi connectivity index (χ0v) is 17.1. The van der Waals surface area contributed by atoms with Gasteiger partial charge >= 0.3 is 0 Å². The highest BCUT2D eigenvalue weighted by atomic mass is 32.1. The van der Waals surface area contributed by atoms with Crippen LogP contribution in [0.2, 0.25) is 0 Å². The summed E-state index contributed by atoms with van der Waals surface area (Å²) < 4.78 is 11.6. The van der Waals surface area contributed by atoms with Gasteiger partial charge in [0, 0.05) is 0 Å². The number of nitrogens with zero attached hydrogens (tertiary/aromatic N) is 3. The van der Waals surface area contributed by atoms with Gasteiger partial charge in [-0.3, -0.25) is 14.5 Å². The van der Waals surface area contributed by atoms with Crippen LogP contribution in [-0.4, -0.2) is 22.7 Å². The lowest BCUT2D eigenvalue weighted by molar-refractivity contribution is 0.0970. The Morgan fingerprint density at radius 2 is 1.97 bits per heavy atom. The summed E-state index contributed by atoms with van der Waals surface area (Å²) in [4.78, 5) is 28.3. The van der Waals surface area contributed by atoms with Crippen LogP contribution in [0.3, 0.4) is 0 Å². The monoisotopic (exact) mass is 419 g/mol. The molecule has 0 saturated heterocycles. The lowest BCUT2D eigenvalue weighted by atomic mass is 9.98. The van der Waals surface area contributed by atoms with Crippen molar-refractivity contribution >= 4 is 33.3 Å². The number of ether oxygens (including phenoxy) is 1. The molecule has 0 aliphatic carbocycles. The first-order chi connectivity index (χ1) is 14.6. The maximum absolute atomic E-state index is 13.4. The van der Waals surface area contributed by atoms with Crippen molar-refractivity contribution < 1.29 is 13.9 Å². The van der Waals surface area contributed by atoms with E-state index in [2.05, 4.69) is 10.2 Å². The van der Waals surface area contributed by atoms with E-state index in [1.54, 1.807) is 24.3 Å². The van der Waals surface area contributed by atoms with Gasteiger partial charge in [-0.05, 0) is 43.7 Å². The minimum atomic E-state index is -0.680. The SMILES string of the molecule is CCOc1cccc([C@H]2c3c(oc4ccccc4c3=O)C(=O)N2c2nnc(C)s2)c1. The molecule has 5 rings (SSSR count). The van der Waals surface area contributed by atoms with Gasteiger partial charge in [0.05, 0.1) is 23.6 Å². The van der Waals surface area contributed by atoms with E-state index in [1.807, 2.05) is 38.1 Å². The van der Waals surface area contributed by atoms with E-state index in [0.29, 0.717) is 34.0 Å². The molecule has 0 bridgehead atoms. The van der Waals surface area contributed by atoms with Crippen LogP contribution in [-0.2, 0) is 0 Å². The first-order valence-electron chi connectivity index (χ1n) is 9.50. The molecule has 0 saturated carbocycles. The average molecular weight is 419 g/mol. The second kappa shape index (κ2) is 7.07. The number of amides is 1. The third-order valence-electron chi connectivity index (χ3n) is 4.98. The summed E-state index contributed by atoms with van der Waals surface area (Å²) in [5.74, 6) is 0.295. The minimum Gasteiger partial charge on any atom is -0.494 e. The zero-order valence-electron chi connectivity index (χ0n) is 16.3. The summed E-state index contributed by atoms with van der Waals surface area (Å²) in [7, 11) is 0. The van der Waals surface area contributed by atoms with Crippen molar-refractivity contribution in [2.45, 2.75) is 19.9 Å². The van der Waals surface area contributed by atoms with E-state index >= 15 is 0 Å². The van der Waals surface area contributed by atoms with Crippen LogP contribution in [0.1, 0.15) is 39.7 Å². The molecule has 0 radical (unpaired) electrons. The summed E-state index contributed by atoms with van der Waals surface area (Å²) in [5, 5.41) is 9.79. The maximum atomic E-state index is 13.4. The number of fused-ring (bicyclic) bond motifs is 2.